The largest absolute Gasteiger partial charge is 0.241 e. The maximum atomic E-state index is 13.6. The number of aryl methyl sites for hydroxylation is 2. The Morgan fingerprint density at radius 1 is 1.12 bits per heavy atom. The van der Waals surface area contributed by atoms with Gasteiger partial charge in [-0.1, -0.05) is 12.1 Å². The van der Waals surface area contributed by atoms with Gasteiger partial charge in [-0.15, -0.1) is 11.3 Å². The predicted octanol–water partition coefficient (Wildman–Crippen LogP) is 3.83. The van der Waals surface area contributed by atoms with Crippen molar-refractivity contribution in [2.75, 3.05) is 0 Å². The van der Waals surface area contributed by atoms with Crippen LogP contribution in [0.25, 0.3) is 10.6 Å². The second-order valence-corrected chi connectivity index (χ2v) is 5.16. The molecule has 0 atom stereocenters. The van der Waals surface area contributed by atoms with Crippen LogP contribution in [0.2, 0.25) is 0 Å². The molecule has 1 aliphatic carbocycles. The summed E-state index contributed by atoms with van der Waals surface area (Å²) in [7, 11) is 0. The highest BCUT2D eigenvalue weighted by molar-refractivity contribution is 7.15. The van der Waals surface area contributed by atoms with E-state index in [1.807, 2.05) is 6.07 Å². The Bertz CT molecular complexity index is 495. The first kappa shape index (κ1) is 9.97. The second-order valence-electron chi connectivity index (χ2n) is 4.08. The van der Waals surface area contributed by atoms with Gasteiger partial charge in [-0.25, -0.2) is 9.37 Å². The molecule has 0 N–H and O–H groups in total. The molecule has 1 aromatic carbocycles. The Morgan fingerprint density at radius 3 is 2.75 bits per heavy atom. The summed E-state index contributed by atoms with van der Waals surface area (Å²) in [4.78, 5) is 5.91. The Morgan fingerprint density at radius 2 is 1.94 bits per heavy atom. The van der Waals surface area contributed by atoms with Gasteiger partial charge in [0.05, 0.1) is 5.69 Å². The Hall–Kier alpha value is -1.22. The molecule has 1 aromatic heterocycles. The molecule has 2 aromatic rings. The average Bonchev–Trinajstić information content (AvgIpc) is 2.73. The monoisotopic (exact) mass is 233 g/mol. The number of nitrogens with zero attached hydrogens (tertiary/aromatic N) is 1. The number of halogens is 1. The van der Waals surface area contributed by atoms with E-state index in [9.17, 15) is 4.39 Å². The van der Waals surface area contributed by atoms with E-state index in [-0.39, 0.29) is 5.82 Å². The molecule has 82 valence electrons. The average molecular weight is 233 g/mol. The molecule has 0 saturated carbocycles. The van der Waals surface area contributed by atoms with E-state index in [2.05, 4.69) is 4.98 Å². The quantitative estimate of drug-likeness (QED) is 0.729. The fourth-order valence-corrected chi connectivity index (χ4v) is 3.28. The van der Waals surface area contributed by atoms with Crippen LogP contribution < -0.4 is 0 Å². The summed E-state index contributed by atoms with van der Waals surface area (Å²) in [5.41, 5.74) is 1.83. The van der Waals surface area contributed by atoms with Crippen LogP contribution in [0.1, 0.15) is 23.4 Å². The first-order valence-electron chi connectivity index (χ1n) is 5.58. The third-order valence-electron chi connectivity index (χ3n) is 2.95. The van der Waals surface area contributed by atoms with Gasteiger partial charge >= 0.3 is 0 Å². The number of hydrogen-bond donors (Lipinski definition) is 0. The summed E-state index contributed by atoms with van der Waals surface area (Å²) in [5.74, 6) is -0.173. The predicted molar refractivity (Wildman–Crippen MR) is 64.2 cm³/mol. The Labute approximate surface area is 98.0 Å². The summed E-state index contributed by atoms with van der Waals surface area (Å²) in [6.45, 7) is 0. The third-order valence-corrected chi connectivity index (χ3v) is 4.14. The minimum atomic E-state index is -0.173. The Kier molecular flexibility index (Phi) is 2.48. The summed E-state index contributed by atoms with van der Waals surface area (Å²) >= 11 is 1.65. The maximum absolute atomic E-state index is 13.6. The number of benzene rings is 1. The highest BCUT2D eigenvalue weighted by atomic mass is 32.1. The van der Waals surface area contributed by atoms with Gasteiger partial charge in [0.15, 0.2) is 0 Å². The minimum Gasteiger partial charge on any atom is -0.241 e. The van der Waals surface area contributed by atoms with E-state index in [0.717, 1.165) is 17.8 Å². The molecule has 0 aliphatic heterocycles. The molecule has 0 radical (unpaired) electrons. The van der Waals surface area contributed by atoms with Gasteiger partial charge in [-0.05, 0) is 37.8 Å². The fourth-order valence-electron chi connectivity index (χ4n) is 2.10. The van der Waals surface area contributed by atoms with Crippen LogP contribution >= 0.6 is 11.3 Å². The summed E-state index contributed by atoms with van der Waals surface area (Å²) in [6, 6.07) is 6.88. The van der Waals surface area contributed by atoms with Crippen molar-refractivity contribution < 1.29 is 4.39 Å². The smallest absolute Gasteiger partial charge is 0.133 e. The van der Waals surface area contributed by atoms with Crippen molar-refractivity contribution in [3.63, 3.8) is 0 Å². The van der Waals surface area contributed by atoms with E-state index in [0.29, 0.717) is 5.56 Å². The molecule has 1 nitrogen and oxygen atoms in total. The van der Waals surface area contributed by atoms with Gasteiger partial charge in [0.2, 0.25) is 0 Å². The molecule has 0 bridgehead atoms. The molecule has 3 rings (SSSR count). The Balaban J connectivity index is 2.07. The van der Waals surface area contributed by atoms with Gasteiger partial charge in [-0.2, -0.15) is 0 Å². The van der Waals surface area contributed by atoms with Gasteiger partial charge in [0, 0.05) is 10.4 Å². The van der Waals surface area contributed by atoms with Crippen LogP contribution in [0.15, 0.2) is 24.3 Å². The maximum Gasteiger partial charge on any atom is 0.133 e. The van der Waals surface area contributed by atoms with E-state index in [1.54, 1.807) is 23.5 Å². The van der Waals surface area contributed by atoms with Gasteiger partial charge < -0.3 is 0 Å². The molecule has 1 heterocycles. The van der Waals surface area contributed by atoms with Gasteiger partial charge in [0.1, 0.15) is 10.8 Å². The van der Waals surface area contributed by atoms with Gasteiger partial charge in [0.25, 0.3) is 0 Å². The molecular formula is C13H12FNS. The van der Waals surface area contributed by atoms with Crippen LogP contribution in [0.3, 0.4) is 0 Å². The molecule has 16 heavy (non-hydrogen) atoms. The zero-order chi connectivity index (χ0) is 11.0. The van der Waals surface area contributed by atoms with E-state index in [1.165, 1.54) is 29.5 Å². The lowest BCUT2D eigenvalue weighted by Crippen LogP contribution is -1.98. The number of hydrogen-bond acceptors (Lipinski definition) is 2. The van der Waals surface area contributed by atoms with Crippen molar-refractivity contribution in [2.24, 2.45) is 0 Å². The molecule has 0 fully saturated rings. The van der Waals surface area contributed by atoms with Crippen molar-refractivity contribution in [1.82, 2.24) is 4.98 Å². The molecule has 0 saturated heterocycles. The van der Waals surface area contributed by atoms with Crippen molar-refractivity contribution >= 4 is 11.3 Å². The topological polar surface area (TPSA) is 12.9 Å². The van der Waals surface area contributed by atoms with Crippen LogP contribution in [-0.4, -0.2) is 4.98 Å². The van der Waals surface area contributed by atoms with E-state index in [4.69, 9.17) is 0 Å². The zero-order valence-corrected chi connectivity index (χ0v) is 9.69. The first-order valence-corrected chi connectivity index (χ1v) is 6.40. The lowest BCUT2D eigenvalue weighted by atomic mass is 10.0. The number of rotatable bonds is 1. The number of fused-ring (bicyclic) bond motifs is 1. The molecule has 0 spiro atoms. The summed E-state index contributed by atoms with van der Waals surface area (Å²) in [6.07, 6.45) is 4.63. The van der Waals surface area contributed by atoms with E-state index >= 15 is 0 Å². The van der Waals surface area contributed by atoms with Crippen LogP contribution in [0.4, 0.5) is 4.39 Å². The molecular weight excluding hydrogens is 221 g/mol. The first-order chi connectivity index (χ1) is 7.84. The highest BCUT2D eigenvalue weighted by Gasteiger charge is 2.17. The van der Waals surface area contributed by atoms with Crippen molar-refractivity contribution in [2.45, 2.75) is 25.7 Å². The van der Waals surface area contributed by atoms with Crippen molar-refractivity contribution in [1.29, 1.82) is 0 Å². The lowest BCUT2D eigenvalue weighted by Gasteiger charge is -2.06. The second kappa shape index (κ2) is 3.98. The van der Waals surface area contributed by atoms with Gasteiger partial charge in [-0.3, -0.25) is 0 Å². The SMILES string of the molecule is Fc1ccccc1-c1nc2c(s1)CCCC2. The van der Waals surface area contributed by atoms with Crippen LogP contribution in [0.5, 0.6) is 0 Å². The standard InChI is InChI=1S/C13H12FNS/c14-10-6-2-1-5-9(10)13-15-11-7-3-4-8-12(11)16-13/h1-2,5-6H,3-4,7-8H2. The van der Waals surface area contributed by atoms with Crippen LogP contribution in [0, 0.1) is 5.82 Å². The highest BCUT2D eigenvalue weighted by Crippen LogP contribution is 2.33. The summed E-state index contributed by atoms with van der Waals surface area (Å²) < 4.78 is 13.6. The normalized spacial score (nSPS) is 14.8. The van der Waals surface area contributed by atoms with Crippen molar-refractivity contribution in [3.05, 3.63) is 40.7 Å². The minimum absolute atomic E-state index is 0.173. The molecule has 3 heteroatoms. The summed E-state index contributed by atoms with van der Waals surface area (Å²) in [5, 5.41) is 0.838. The lowest BCUT2D eigenvalue weighted by molar-refractivity contribution is 0.631. The molecule has 1 aliphatic rings. The van der Waals surface area contributed by atoms with Crippen LogP contribution in [-0.2, 0) is 12.8 Å². The van der Waals surface area contributed by atoms with Crippen molar-refractivity contribution in [3.8, 4) is 10.6 Å². The third kappa shape index (κ3) is 1.65. The number of aromatic nitrogens is 1. The molecule has 0 unspecified atom stereocenters. The number of thiazole rings is 1. The van der Waals surface area contributed by atoms with E-state index < -0.39 is 0 Å². The fraction of sp³-hybridized carbons (Fsp3) is 0.308. The zero-order valence-electron chi connectivity index (χ0n) is 8.87. The molecule has 0 amide bonds.